The lowest BCUT2D eigenvalue weighted by molar-refractivity contribution is -0.0907. The van der Waals surface area contributed by atoms with Crippen molar-refractivity contribution < 1.29 is 37.6 Å². The molecule has 254 valence electrons. The van der Waals surface area contributed by atoms with E-state index in [1.165, 1.54) is 16.4 Å². The minimum atomic E-state index is -4.12. The van der Waals surface area contributed by atoms with Crippen LogP contribution in [-0.2, 0) is 30.7 Å². The maximum Gasteiger partial charge on any atom is 0.407 e. The van der Waals surface area contributed by atoms with Crippen LogP contribution in [0.4, 0.5) is 4.79 Å². The fraction of sp³-hybridized carbons (Fsp3) is 0.529. The summed E-state index contributed by atoms with van der Waals surface area (Å²) in [5, 5.41) is 25.5. The Morgan fingerprint density at radius 1 is 1.15 bits per heavy atom. The predicted octanol–water partition coefficient (Wildman–Crippen LogP) is 3.95. The smallest absolute Gasteiger partial charge is 0.407 e. The molecule has 0 radical (unpaired) electrons. The summed E-state index contributed by atoms with van der Waals surface area (Å²) in [7, 11) is -4.12. The van der Waals surface area contributed by atoms with Gasteiger partial charge in [0.25, 0.3) is 0 Å². The van der Waals surface area contributed by atoms with Gasteiger partial charge in [-0.05, 0) is 61.8 Å². The van der Waals surface area contributed by atoms with Crippen LogP contribution < -0.4 is 5.32 Å². The third-order valence-electron chi connectivity index (χ3n) is 9.19. The number of H-pyrrole nitrogens is 1. The van der Waals surface area contributed by atoms with Gasteiger partial charge < -0.3 is 34.7 Å². The number of amides is 1. The summed E-state index contributed by atoms with van der Waals surface area (Å²) in [6.07, 6.45) is 2.86. The second kappa shape index (κ2) is 14.3. The number of aromatic hydroxyl groups is 1. The van der Waals surface area contributed by atoms with Crippen molar-refractivity contribution in [2.45, 2.75) is 81.4 Å². The Morgan fingerprint density at radius 2 is 1.94 bits per heavy atom. The lowest BCUT2D eigenvalue weighted by atomic mass is 9.94. The number of aromatic nitrogens is 1. The van der Waals surface area contributed by atoms with Crippen molar-refractivity contribution in [1.82, 2.24) is 14.6 Å². The number of rotatable bonds is 13. The molecule has 3 fully saturated rings. The normalized spacial score (nSPS) is 23.0. The Bertz CT molecular complexity index is 1670. The largest absolute Gasteiger partial charge is 0.494 e. The number of carbonyl (C=O) groups is 1. The van der Waals surface area contributed by atoms with Crippen molar-refractivity contribution in [2.24, 2.45) is 16.8 Å². The molecule has 0 spiro atoms. The highest BCUT2D eigenvalue weighted by Gasteiger charge is 2.44. The average molecular weight is 669 g/mol. The van der Waals surface area contributed by atoms with Gasteiger partial charge in [0.1, 0.15) is 6.10 Å². The van der Waals surface area contributed by atoms with E-state index >= 15 is 0 Å². The molecule has 3 heterocycles. The molecule has 1 aliphatic carbocycles. The molecule has 3 aromatic rings. The Labute approximate surface area is 275 Å². The zero-order chi connectivity index (χ0) is 33.1. The lowest BCUT2D eigenvalue weighted by Crippen LogP contribution is -2.51. The number of hydrogen-bond donors (Lipinski definition) is 4. The number of aliphatic hydroxyl groups excluding tert-OH is 1. The molecule has 6 rings (SSSR count). The number of aliphatic hydroxyl groups is 1. The second-order valence-electron chi connectivity index (χ2n) is 13.2. The molecule has 13 heteroatoms. The first kappa shape index (κ1) is 33.4. The molecule has 47 heavy (non-hydrogen) atoms. The van der Waals surface area contributed by atoms with Crippen LogP contribution in [0.5, 0.6) is 5.88 Å². The van der Waals surface area contributed by atoms with Crippen LogP contribution in [0.3, 0.4) is 0 Å². The summed E-state index contributed by atoms with van der Waals surface area (Å²) in [4.78, 5) is 20.6. The van der Waals surface area contributed by atoms with Crippen molar-refractivity contribution in [2.75, 3.05) is 26.3 Å². The van der Waals surface area contributed by atoms with Crippen LogP contribution in [0.1, 0.15) is 50.7 Å². The molecule has 2 aromatic carbocycles. The summed E-state index contributed by atoms with van der Waals surface area (Å²) in [6, 6.07) is 13.4. The molecule has 5 atom stereocenters. The molecule has 1 saturated carbocycles. The third-order valence-corrected chi connectivity index (χ3v) is 11.0. The van der Waals surface area contributed by atoms with Gasteiger partial charge in [-0.2, -0.15) is 4.31 Å². The van der Waals surface area contributed by atoms with Crippen molar-refractivity contribution in [1.29, 1.82) is 0 Å². The lowest BCUT2D eigenvalue weighted by Gasteiger charge is -2.31. The number of fused-ring (bicyclic) bond motifs is 2. The monoisotopic (exact) mass is 668 g/mol. The van der Waals surface area contributed by atoms with Crippen molar-refractivity contribution in [3.63, 3.8) is 0 Å². The highest BCUT2D eigenvalue weighted by Crippen LogP contribution is 2.33. The number of alkyl carbamates (subject to hydrolysis) is 1. The number of sulfonamides is 1. The molecule has 4 N–H and O–H groups in total. The van der Waals surface area contributed by atoms with E-state index in [4.69, 9.17) is 14.2 Å². The van der Waals surface area contributed by atoms with Crippen molar-refractivity contribution in [3.05, 3.63) is 59.7 Å². The first-order valence-corrected chi connectivity index (χ1v) is 17.8. The van der Waals surface area contributed by atoms with Gasteiger partial charge in [0.15, 0.2) is 12.2 Å². The molecule has 1 amide bonds. The Morgan fingerprint density at radius 3 is 2.66 bits per heavy atom. The fourth-order valence-corrected chi connectivity index (χ4v) is 8.02. The molecule has 0 unspecified atom stereocenters. The molecule has 2 saturated heterocycles. The van der Waals surface area contributed by atoms with E-state index in [2.05, 4.69) is 15.3 Å². The van der Waals surface area contributed by atoms with Gasteiger partial charge in [-0.1, -0.05) is 44.2 Å². The summed E-state index contributed by atoms with van der Waals surface area (Å²) in [5.41, 5.74) is 1.88. The molecule has 2 aliphatic heterocycles. The standard InChI is InChI=1S/C34H44N4O8S/c1-21(2)18-38(47(42,43)24-11-12-28-26(16-24)27(32(40)36-28)17-35-23-9-6-10-23)19-30(39)29(15-22-7-4-3-5-8-22)37-34(41)46-31-20-45-33-25(31)13-14-44-33/h3-5,7-8,11-12,16-17,21,23,25,29-31,33,36,39-40H,6,9-10,13-15,18-20H2,1-2H3,(H,37,41)/t25-,29-,30+,31-,33+/m0/s1. The molecular weight excluding hydrogens is 624 g/mol. The van der Waals surface area contributed by atoms with E-state index in [1.54, 1.807) is 12.3 Å². The molecule has 1 aromatic heterocycles. The van der Waals surface area contributed by atoms with E-state index in [-0.39, 0.29) is 61.1 Å². The minimum Gasteiger partial charge on any atom is -0.494 e. The quantitative estimate of drug-likeness (QED) is 0.199. The highest BCUT2D eigenvalue weighted by atomic mass is 32.2. The minimum absolute atomic E-state index is 0.0247. The van der Waals surface area contributed by atoms with Crippen molar-refractivity contribution >= 4 is 33.2 Å². The first-order valence-electron chi connectivity index (χ1n) is 16.4. The highest BCUT2D eigenvalue weighted by molar-refractivity contribution is 7.89. The number of hydrogen-bond acceptors (Lipinski definition) is 9. The van der Waals surface area contributed by atoms with Gasteiger partial charge in [0, 0.05) is 36.2 Å². The van der Waals surface area contributed by atoms with E-state index in [1.807, 2.05) is 44.2 Å². The maximum absolute atomic E-state index is 14.2. The van der Waals surface area contributed by atoms with Gasteiger partial charge in [-0.15, -0.1) is 0 Å². The molecule has 0 bridgehead atoms. The Balaban J connectivity index is 1.23. The fourth-order valence-electron chi connectivity index (χ4n) is 6.37. The van der Waals surface area contributed by atoms with E-state index in [0.717, 1.165) is 31.2 Å². The van der Waals surface area contributed by atoms with Crippen LogP contribution in [0, 0.1) is 11.8 Å². The number of nitrogens with one attached hydrogen (secondary N) is 2. The molecule has 3 aliphatic rings. The summed E-state index contributed by atoms with van der Waals surface area (Å²) >= 11 is 0. The SMILES string of the molecule is CC(C)CN(C[C@@H](O)[C@H](Cc1ccccc1)NC(=O)O[C@H]1CO[C@H]2OCC[C@H]21)S(=O)(=O)c1ccc2[nH]c(O)c(C=NC3CCC3)c2c1. The van der Waals surface area contributed by atoms with Crippen LogP contribution >= 0.6 is 0 Å². The number of aliphatic imine (C=N–C) groups is 1. The van der Waals surface area contributed by atoms with Gasteiger partial charge in [0.2, 0.25) is 10.0 Å². The van der Waals surface area contributed by atoms with Gasteiger partial charge >= 0.3 is 6.09 Å². The van der Waals surface area contributed by atoms with E-state index < -0.39 is 34.4 Å². The van der Waals surface area contributed by atoms with Gasteiger partial charge in [-0.25, -0.2) is 13.2 Å². The van der Waals surface area contributed by atoms with E-state index in [0.29, 0.717) is 23.1 Å². The second-order valence-corrected chi connectivity index (χ2v) is 15.1. The number of aromatic amines is 1. The first-order chi connectivity index (χ1) is 22.6. The molecule has 12 nitrogen and oxygen atoms in total. The van der Waals surface area contributed by atoms with Crippen LogP contribution in [0.2, 0.25) is 0 Å². The number of nitrogens with zero attached hydrogens (tertiary/aromatic N) is 2. The maximum atomic E-state index is 14.2. The van der Waals surface area contributed by atoms with Crippen LogP contribution in [-0.4, -0.2) is 97.1 Å². The summed E-state index contributed by atoms with van der Waals surface area (Å²) in [5.74, 6) is -0.181. The average Bonchev–Trinajstić information content (AvgIpc) is 3.71. The number of ether oxygens (including phenoxy) is 3. The van der Waals surface area contributed by atoms with Gasteiger partial charge in [-0.3, -0.25) is 4.99 Å². The third kappa shape index (κ3) is 7.65. The van der Waals surface area contributed by atoms with E-state index in [9.17, 15) is 23.4 Å². The molecular formula is C34H44N4O8S. The zero-order valence-corrected chi connectivity index (χ0v) is 27.6. The van der Waals surface area contributed by atoms with Crippen molar-refractivity contribution in [3.8, 4) is 5.88 Å². The topological polar surface area (TPSA) is 163 Å². The van der Waals surface area contributed by atoms with Crippen LogP contribution in [0.15, 0.2) is 58.4 Å². The zero-order valence-electron chi connectivity index (χ0n) is 26.7. The number of benzene rings is 2. The van der Waals surface area contributed by atoms with Gasteiger partial charge in [0.05, 0.1) is 41.7 Å². The Kier molecular flexibility index (Phi) is 10.2. The van der Waals surface area contributed by atoms with Crippen LogP contribution in [0.25, 0.3) is 10.9 Å². The Hall–Kier alpha value is -3.49. The summed E-state index contributed by atoms with van der Waals surface area (Å²) in [6.45, 7) is 4.44. The summed E-state index contributed by atoms with van der Waals surface area (Å²) < 4.78 is 46.5. The predicted molar refractivity (Wildman–Crippen MR) is 176 cm³/mol. The number of carbonyl (C=O) groups excluding carboxylic acids is 1.